The number of nitrogens with zero attached hydrogens (tertiary/aromatic N) is 2. The van der Waals surface area contributed by atoms with Gasteiger partial charge in [-0.1, -0.05) is 49.4 Å². The van der Waals surface area contributed by atoms with Crippen LogP contribution in [0.15, 0.2) is 72.3 Å². The first-order valence-corrected chi connectivity index (χ1v) is 12.8. The number of anilines is 1. The molecule has 1 unspecified atom stereocenters. The molecule has 3 aromatic carbocycles. The Morgan fingerprint density at radius 1 is 1.08 bits per heavy atom. The second kappa shape index (κ2) is 9.78. The van der Waals surface area contributed by atoms with E-state index in [0.29, 0.717) is 34.5 Å². The summed E-state index contributed by atoms with van der Waals surface area (Å²) >= 11 is 1.27. The summed E-state index contributed by atoms with van der Waals surface area (Å²) in [5.41, 5.74) is 2.60. The number of hydrogen-bond donors (Lipinski definition) is 1. The summed E-state index contributed by atoms with van der Waals surface area (Å²) in [5.74, 6) is -1.47. The Hall–Kier alpha value is -4.04. The molecule has 1 aliphatic heterocycles. The molecule has 4 aromatic rings. The number of carbonyl (C=O) groups is 2. The van der Waals surface area contributed by atoms with Crippen LogP contribution in [0.25, 0.3) is 16.0 Å². The molecule has 1 fully saturated rings. The number of fused-ring (bicyclic) bond motifs is 1. The molecule has 2 heterocycles. The summed E-state index contributed by atoms with van der Waals surface area (Å²) < 4.78 is 19.9. The van der Waals surface area contributed by atoms with E-state index in [2.05, 4.69) is 18.8 Å². The highest BCUT2D eigenvalue weighted by atomic mass is 32.1. The Labute approximate surface area is 217 Å². The van der Waals surface area contributed by atoms with Crippen LogP contribution in [0.4, 0.5) is 9.52 Å². The first kappa shape index (κ1) is 24.6. The van der Waals surface area contributed by atoms with E-state index < -0.39 is 23.5 Å². The van der Waals surface area contributed by atoms with E-state index in [-0.39, 0.29) is 16.9 Å². The highest BCUT2D eigenvalue weighted by Gasteiger charge is 2.48. The van der Waals surface area contributed by atoms with Crippen molar-refractivity contribution >= 4 is 44.1 Å². The van der Waals surface area contributed by atoms with Gasteiger partial charge >= 0.3 is 5.91 Å². The van der Waals surface area contributed by atoms with Crippen LogP contribution in [0.1, 0.15) is 49.4 Å². The van der Waals surface area contributed by atoms with Crippen LogP contribution < -0.4 is 9.64 Å². The third-order valence-corrected chi connectivity index (χ3v) is 7.36. The molecular weight excluding hydrogens is 491 g/mol. The van der Waals surface area contributed by atoms with Crippen molar-refractivity contribution in [3.63, 3.8) is 0 Å². The SMILES string of the molecule is CCOc1ccc2nc(N3C(=O)C(=O)C(=C(O)c4ccc(F)cc4)C3c3ccc(C(C)C)cc3)sc2c1. The number of thiazole rings is 1. The van der Waals surface area contributed by atoms with E-state index >= 15 is 0 Å². The Bertz CT molecular complexity index is 1520. The summed E-state index contributed by atoms with van der Waals surface area (Å²) in [6.45, 7) is 6.56. The molecule has 6 nitrogen and oxygen atoms in total. The molecule has 1 atom stereocenters. The van der Waals surface area contributed by atoms with Crippen molar-refractivity contribution in [1.29, 1.82) is 0 Å². The van der Waals surface area contributed by atoms with Gasteiger partial charge in [0.2, 0.25) is 0 Å². The molecule has 0 bridgehead atoms. The number of aromatic nitrogens is 1. The number of ether oxygens (including phenoxy) is 1. The lowest BCUT2D eigenvalue weighted by molar-refractivity contribution is -0.132. The zero-order valence-electron chi connectivity index (χ0n) is 20.6. The molecule has 188 valence electrons. The van der Waals surface area contributed by atoms with Gasteiger partial charge in [-0.25, -0.2) is 9.37 Å². The lowest BCUT2D eigenvalue weighted by Gasteiger charge is -2.23. The second-order valence-electron chi connectivity index (χ2n) is 9.06. The van der Waals surface area contributed by atoms with Crippen LogP contribution >= 0.6 is 11.3 Å². The van der Waals surface area contributed by atoms with Crippen molar-refractivity contribution in [2.75, 3.05) is 11.5 Å². The highest BCUT2D eigenvalue weighted by molar-refractivity contribution is 7.22. The minimum absolute atomic E-state index is 0.0665. The Morgan fingerprint density at radius 3 is 2.43 bits per heavy atom. The van der Waals surface area contributed by atoms with Gasteiger partial charge in [0.25, 0.3) is 5.78 Å². The van der Waals surface area contributed by atoms with Gasteiger partial charge in [0, 0.05) is 5.56 Å². The summed E-state index contributed by atoms with van der Waals surface area (Å²) in [6.07, 6.45) is 0. The average Bonchev–Trinajstić information content (AvgIpc) is 3.42. The van der Waals surface area contributed by atoms with E-state index in [9.17, 15) is 19.1 Å². The van der Waals surface area contributed by atoms with Crippen LogP contribution in [0.3, 0.4) is 0 Å². The van der Waals surface area contributed by atoms with Crippen LogP contribution in [-0.4, -0.2) is 28.4 Å². The van der Waals surface area contributed by atoms with Crippen molar-refractivity contribution in [3.8, 4) is 5.75 Å². The van der Waals surface area contributed by atoms with E-state index in [1.165, 1.54) is 40.5 Å². The van der Waals surface area contributed by atoms with E-state index in [0.717, 1.165) is 10.3 Å². The minimum atomic E-state index is -0.904. The monoisotopic (exact) mass is 516 g/mol. The van der Waals surface area contributed by atoms with Gasteiger partial charge in [0.05, 0.1) is 28.4 Å². The molecule has 1 aromatic heterocycles. The number of halogens is 1. The van der Waals surface area contributed by atoms with Crippen molar-refractivity contribution in [1.82, 2.24) is 4.98 Å². The molecule has 0 spiro atoms. The van der Waals surface area contributed by atoms with Gasteiger partial charge in [-0.15, -0.1) is 0 Å². The van der Waals surface area contributed by atoms with Gasteiger partial charge in [-0.3, -0.25) is 14.5 Å². The molecule has 0 aliphatic carbocycles. The highest BCUT2D eigenvalue weighted by Crippen LogP contribution is 2.44. The molecule has 5 rings (SSSR count). The number of aliphatic hydroxyl groups excluding tert-OH is 1. The number of hydrogen-bond acceptors (Lipinski definition) is 6. The maximum Gasteiger partial charge on any atom is 0.301 e. The largest absolute Gasteiger partial charge is 0.507 e. The number of benzene rings is 3. The zero-order chi connectivity index (χ0) is 26.3. The average molecular weight is 517 g/mol. The number of Topliss-reactive ketones (excluding diaryl/α,β-unsaturated/α-hetero) is 1. The number of amides is 1. The van der Waals surface area contributed by atoms with Crippen molar-refractivity contribution in [2.24, 2.45) is 0 Å². The Balaban J connectivity index is 1.68. The van der Waals surface area contributed by atoms with Crippen molar-refractivity contribution < 1.29 is 23.8 Å². The molecule has 37 heavy (non-hydrogen) atoms. The fraction of sp³-hybridized carbons (Fsp3) is 0.207. The van der Waals surface area contributed by atoms with Crippen LogP contribution in [0, 0.1) is 5.82 Å². The number of rotatable bonds is 6. The number of ketones is 1. The van der Waals surface area contributed by atoms with Gasteiger partial charge < -0.3 is 9.84 Å². The van der Waals surface area contributed by atoms with Crippen LogP contribution in [0.5, 0.6) is 5.75 Å². The third kappa shape index (κ3) is 4.49. The maximum atomic E-state index is 13.5. The lowest BCUT2D eigenvalue weighted by Crippen LogP contribution is -2.29. The van der Waals surface area contributed by atoms with Crippen molar-refractivity contribution in [3.05, 3.63) is 94.8 Å². The van der Waals surface area contributed by atoms with Gasteiger partial charge in [-0.05, 0) is 66.4 Å². The molecule has 1 saturated heterocycles. The molecule has 1 N–H and O–H groups in total. The minimum Gasteiger partial charge on any atom is -0.507 e. The molecule has 0 saturated carbocycles. The molecule has 0 radical (unpaired) electrons. The first-order chi connectivity index (χ1) is 17.8. The summed E-state index contributed by atoms with van der Waals surface area (Å²) in [7, 11) is 0. The molecule has 8 heteroatoms. The normalized spacial score (nSPS) is 17.2. The van der Waals surface area contributed by atoms with Gasteiger partial charge in [0.15, 0.2) is 5.13 Å². The second-order valence-corrected chi connectivity index (χ2v) is 10.1. The fourth-order valence-corrected chi connectivity index (χ4v) is 5.44. The summed E-state index contributed by atoms with van der Waals surface area (Å²) in [5, 5.41) is 11.5. The number of carbonyl (C=O) groups excluding carboxylic acids is 2. The van der Waals surface area contributed by atoms with E-state index in [4.69, 9.17) is 4.74 Å². The van der Waals surface area contributed by atoms with Crippen molar-refractivity contribution in [2.45, 2.75) is 32.7 Å². The smallest absolute Gasteiger partial charge is 0.301 e. The zero-order valence-corrected chi connectivity index (χ0v) is 21.4. The number of aliphatic hydroxyl groups is 1. The Kier molecular flexibility index (Phi) is 6.52. The maximum absolute atomic E-state index is 13.5. The summed E-state index contributed by atoms with van der Waals surface area (Å²) in [6, 6.07) is 17.3. The Morgan fingerprint density at radius 2 is 1.78 bits per heavy atom. The van der Waals surface area contributed by atoms with E-state index in [1.807, 2.05) is 43.3 Å². The van der Waals surface area contributed by atoms with Gasteiger partial charge in [0.1, 0.15) is 17.3 Å². The standard InChI is InChI=1S/C29H25FN2O4S/c1-4-36-21-13-14-22-23(15-21)37-29(31-22)32-25(18-7-5-17(6-8-18)16(2)3)24(27(34)28(32)35)26(33)19-9-11-20(30)12-10-19/h5-16,25,33H,4H2,1-3H3. The van der Waals surface area contributed by atoms with Crippen LogP contribution in [-0.2, 0) is 9.59 Å². The first-order valence-electron chi connectivity index (χ1n) is 12.0. The van der Waals surface area contributed by atoms with E-state index in [1.54, 1.807) is 6.07 Å². The quantitative estimate of drug-likeness (QED) is 0.178. The molecule has 1 aliphatic rings. The lowest BCUT2D eigenvalue weighted by atomic mass is 9.93. The topological polar surface area (TPSA) is 79.7 Å². The fourth-order valence-electron chi connectivity index (χ4n) is 4.42. The van der Waals surface area contributed by atoms with Crippen LogP contribution in [0.2, 0.25) is 0 Å². The summed E-state index contributed by atoms with van der Waals surface area (Å²) in [4.78, 5) is 32.8. The molecular formula is C29H25FN2O4S. The predicted molar refractivity (Wildman–Crippen MR) is 143 cm³/mol. The van der Waals surface area contributed by atoms with Gasteiger partial charge in [-0.2, -0.15) is 0 Å². The predicted octanol–water partition coefficient (Wildman–Crippen LogP) is 6.58. The third-order valence-electron chi connectivity index (χ3n) is 6.35. The molecule has 1 amide bonds.